The fourth-order valence-electron chi connectivity index (χ4n) is 2.56. The Labute approximate surface area is 84.6 Å². The molecule has 0 rings (SSSR count). The van der Waals surface area contributed by atoms with Crippen molar-refractivity contribution >= 4 is 8.07 Å². The van der Waals surface area contributed by atoms with Crippen LogP contribution in [0.25, 0.3) is 0 Å². The van der Waals surface area contributed by atoms with Crippen molar-refractivity contribution in [2.24, 2.45) is 0 Å². The Kier molecular flexibility index (Phi) is 7.67. The SMILES string of the molecule is CCC[Si](CCC)(CCC)CC[O]. The van der Waals surface area contributed by atoms with Gasteiger partial charge in [0.05, 0.1) is 14.7 Å². The highest BCUT2D eigenvalue weighted by molar-refractivity contribution is 6.79. The molecule has 0 aliphatic carbocycles. The maximum Gasteiger partial charge on any atom is 0.0799 e. The molecule has 0 aromatic heterocycles. The van der Waals surface area contributed by atoms with Crippen LogP contribution in [-0.2, 0) is 5.11 Å². The van der Waals surface area contributed by atoms with E-state index in [1.165, 1.54) is 37.4 Å². The van der Waals surface area contributed by atoms with E-state index in [2.05, 4.69) is 20.8 Å². The van der Waals surface area contributed by atoms with Crippen LogP contribution in [0.5, 0.6) is 0 Å². The van der Waals surface area contributed by atoms with Gasteiger partial charge in [-0.05, 0) is 6.04 Å². The average molecular weight is 201 g/mol. The lowest BCUT2D eigenvalue weighted by Crippen LogP contribution is -2.34. The van der Waals surface area contributed by atoms with Crippen LogP contribution in [0, 0.1) is 0 Å². The molecule has 0 heterocycles. The Morgan fingerprint density at radius 1 is 0.769 bits per heavy atom. The van der Waals surface area contributed by atoms with Crippen LogP contribution in [0.2, 0.25) is 24.2 Å². The molecule has 13 heavy (non-hydrogen) atoms. The van der Waals surface area contributed by atoms with E-state index >= 15 is 0 Å². The first-order valence-electron chi connectivity index (χ1n) is 5.82. The van der Waals surface area contributed by atoms with Gasteiger partial charge in [0.25, 0.3) is 0 Å². The summed E-state index contributed by atoms with van der Waals surface area (Å²) in [6.07, 6.45) is 3.85. The Morgan fingerprint density at radius 2 is 1.15 bits per heavy atom. The number of rotatable bonds is 8. The summed E-state index contributed by atoms with van der Waals surface area (Å²) in [6.45, 7) is 6.96. The van der Waals surface area contributed by atoms with E-state index in [-0.39, 0.29) is 6.61 Å². The summed E-state index contributed by atoms with van der Waals surface area (Å²) in [5, 5.41) is 10.8. The molecule has 0 fully saturated rings. The Balaban J connectivity index is 4.19. The van der Waals surface area contributed by atoms with Gasteiger partial charge in [-0.25, -0.2) is 5.11 Å². The fourth-order valence-corrected chi connectivity index (χ4v) is 7.67. The van der Waals surface area contributed by atoms with Crippen LogP contribution in [0.4, 0.5) is 0 Å². The first-order valence-corrected chi connectivity index (χ1v) is 8.65. The third-order valence-electron chi connectivity index (χ3n) is 2.97. The van der Waals surface area contributed by atoms with E-state index in [1.807, 2.05) is 0 Å². The van der Waals surface area contributed by atoms with Crippen molar-refractivity contribution in [1.29, 1.82) is 0 Å². The summed E-state index contributed by atoms with van der Waals surface area (Å²) in [5.41, 5.74) is 0. The normalized spacial score (nSPS) is 12.0. The van der Waals surface area contributed by atoms with Crippen molar-refractivity contribution in [3.05, 3.63) is 0 Å². The number of hydrogen-bond donors (Lipinski definition) is 0. The predicted octanol–water partition coefficient (Wildman–Crippen LogP) is 4.10. The molecule has 0 saturated heterocycles. The molecular formula is C11H25OSi. The maximum atomic E-state index is 10.8. The van der Waals surface area contributed by atoms with Crippen LogP contribution >= 0.6 is 0 Å². The molecule has 0 unspecified atom stereocenters. The van der Waals surface area contributed by atoms with Crippen molar-refractivity contribution < 1.29 is 5.11 Å². The highest BCUT2D eigenvalue weighted by Gasteiger charge is 2.29. The zero-order valence-corrected chi connectivity index (χ0v) is 10.6. The van der Waals surface area contributed by atoms with E-state index in [0.29, 0.717) is 0 Å². The van der Waals surface area contributed by atoms with Gasteiger partial charge in [-0.3, -0.25) is 0 Å². The topological polar surface area (TPSA) is 19.9 Å². The molecule has 0 spiro atoms. The lowest BCUT2D eigenvalue weighted by atomic mass is 10.5. The first-order chi connectivity index (χ1) is 6.24. The van der Waals surface area contributed by atoms with Crippen molar-refractivity contribution in [2.45, 2.75) is 64.2 Å². The van der Waals surface area contributed by atoms with Crippen LogP contribution in [-0.4, -0.2) is 14.7 Å². The summed E-state index contributed by atoms with van der Waals surface area (Å²) in [4.78, 5) is 0. The second kappa shape index (κ2) is 7.57. The van der Waals surface area contributed by atoms with Crippen LogP contribution < -0.4 is 0 Å². The molecule has 0 aliphatic heterocycles. The molecule has 1 nitrogen and oxygen atoms in total. The third kappa shape index (κ3) is 4.82. The van der Waals surface area contributed by atoms with Gasteiger partial charge in [0.2, 0.25) is 0 Å². The van der Waals surface area contributed by atoms with E-state index in [1.54, 1.807) is 0 Å². The van der Waals surface area contributed by atoms with Gasteiger partial charge in [0.1, 0.15) is 0 Å². The first kappa shape index (κ1) is 13.2. The zero-order chi connectivity index (χ0) is 10.2. The molecule has 1 radical (unpaired) electrons. The van der Waals surface area contributed by atoms with Gasteiger partial charge in [-0.2, -0.15) is 0 Å². The largest absolute Gasteiger partial charge is 0.237 e. The van der Waals surface area contributed by atoms with E-state index in [4.69, 9.17) is 0 Å². The smallest absolute Gasteiger partial charge is 0.0799 e. The van der Waals surface area contributed by atoms with Gasteiger partial charge < -0.3 is 0 Å². The highest BCUT2D eigenvalue weighted by Crippen LogP contribution is 2.29. The van der Waals surface area contributed by atoms with Crippen molar-refractivity contribution in [2.75, 3.05) is 6.61 Å². The third-order valence-corrected chi connectivity index (χ3v) is 8.92. The molecule has 0 aromatic rings. The summed E-state index contributed by atoms with van der Waals surface area (Å²) in [5.74, 6) is 0. The summed E-state index contributed by atoms with van der Waals surface area (Å²) >= 11 is 0. The van der Waals surface area contributed by atoms with Crippen molar-refractivity contribution in [3.8, 4) is 0 Å². The molecule has 0 aromatic carbocycles. The Hall–Kier alpha value is 0.177. The van der Waals surface area contributed by atoms with Crippen molar-refractivity contribution in [3.63, 3.8) is 0 Å². The van der Waals surface area contributed by atoms with Gasteiger partial charge >= 0.3 is 0 Å². The molecule has 0 N–H and O–H groups in total. The van der Waals surface area contributed by atoms with Crippen molar-refractivity contribution in [1.82, 2.24) is 0 Å². The average Bonchev–Trinajstić information content (AvgIpc) is 2.06. The van der Waals surface area contributed by atoms with Crippen LogP contribution in [0.15, 0.2) is 0 Å². The predicted molar refractivity (Wildman–Crippen MR) is 61.4 cm³/mol. The molecule has 0 atom stereocenters. The minimum atomic E-state index is -1.11. The Bertz CT molecular complexity index is 85.1. The van der Waals surface area contributed by atoms with Gasteiger partial charge in [0.15, 0.2) is 0 Å². The molecule has 0 amide bonds. The Morgan fingerprint density at radius 3 is 1.38 bits per heavy atom. The molecule has 79 valence electrons. The minimum Gasteiger partial charge on any atom is -0.237 e. The molecule has 0 aliphatic rings. The monoisotopic (exact) mass is 201 g/mol. The standard InChI is InChI=1S/C11H25OSi/c1-4-8-13(9-5-2,10-6-3)11-7-12/h4-11H2,1-3H3. The zero-order valence-electron chi connectivity index (χ0n) is 9.57. The van der Waals surface area contributed by atoms with Gasteiger partial charge in [-0.15, -0.1) is 0 Å². The minimum absolute atomic E-state index is 0.173. The van der Waals surface area contributed by atoms with E-state index < -0.39 is 8.07 Å². The second-order valence-corrected chi connectivity index (χ2v) is 9.20. The molecule has 0 bridgehead atoms. The second-order valence-electron chi connectivity index (χ2n) is 4.20. The molecular weight excluding hydrogens is 176 g/mol. The van der Waals surface area contributed by atoms with E-state index in [9.17, 15) is 5.11 Å². The highest BCUT2D eigenvalue weighted by atomic mass is 28.3. The summed E-state index contributed by atoms with van der Waals surface area (Å²) in [6, 6.07) is 5.19. The van der Waals surface area contributed by atoms with Crippen LogP contribution in [0.3, 0.4) is 0 Å². The quantitative estimate of drug-likeness (QED) is 0.527. The lowest BCUT2D eigenvalue weighted by molar-refractivity contribution is 0.210. The van der Waals surface area contributed by atoms with Crippen LogP contribution in [0.1, 0.15) is 40.0 Å². The van der Waals surface area contributed by atoms with Gasteiger partial charge in [-0.1, -0.05) is 58.2 Å². The number of hydrogen-bond acceptors (Lipinski definition) is 0. The molecule has 2 heteroatoms. The molecule has 0 saturated carbocycles. The maximum absolute atomic E-state index is 10.8. The fraction of sp³-hybridized carbons (Fsp3) is 1.00. The summed E-state index contributed by atoms with van der Waals surface area (Å²) < 4.78 is 0. The van der Waals surface area contributed by atoms with E-state index in [0.717, 1.165) is 6.04 Å². The van der Waals surface area contributed by atoms with Gasteiger partial charge in [0, 0.05) is 0 Å². The lowest BCUT2D eigenvalue weighted by Gasteiger charge is -2.30. The summed E-state index contributed by atoms with van der Waals surface area (Å²) in [7, 11) is -1.11.